The summed E-state index contributed by atoms with van der Waals surface area (Å²) in [5.41, 5.74) is -1.48. The number of nitrogens with one attached hydrogen (secondary N) is 1. The molecular formula is C16H24N2O5S. The number of aromatic nitrogens is 1. The van der Waals surface area contributed by atoms with Gasteiger partial charge in [-0.05, 0) is 13.8 Å². The van der Waals surface area contributed by atoms with E-state index in [1.165, 1.54) is 11.3 Å². The Kier molecular flexibility index (Phi) is 5.31. The second-order valence-electron chi connectivity index (χ2n) is 6.49. The maximum absolute atomic E-state index is 12.7. The van der Waals surface area contributed by atoms with E-state index in [0.29, 0.717) is 28.8 Å². The number of rotatable bonds is 7. The quantitative estimate of drug-likeness (QED) is 0.775. The van der Waals surface area contributed by atoms with Crippen LogP contribution in [0.15, 0.2) is 0 Å². The van der Waals surface area contributed by atoms with Crippen LogP contribution in [0, 0.1) is 12.3 Å². The average Bonchev–Trinajstić information content (AvgIpc) is 2.86. The molecule has 1 aromatic heterocycles. The molecule has 1 aromatic rings. The van der Waals surface area contributed by atoms with Crippen molar-refractivity contribution in [2.75, 3.05) is 13.7 Å². The number of carboxylic acids is 1. The molecule has 24 heavy (non-hydrogen) atoms. The normalized spacial score (nSPS) is 25.1. The standard InChI is InChI=1S/C16H24N2O5S/c1-6-23-10-7-16(14(20)21,15(10,3)4)18-13(19)12-9(2)17-11(24-12)8-22-5/h10H,6-8H2,1-5H3,(H,18,19)(H,20,21). The zero-order chi connectivity index (χ0) is 18.1. The first-order chi connectivity index (χ1) is 11.2. The number of hydrogen-bond acceptors (Lipinski definition) is 6. The third-order valence-corrected chi connectivity index (χ3v) is 5.90. The van der Waals surface area contributed by atoms with Gasteiger partial charge in [0, 0.05) is 25.6 Å². The molecule has 2 unspecified atom stereocenters. The van der Waals surface area contributed by atoms with E-state index in [-0.39, 0.29) is 12.5 Å². The maximum Gasteiger partial charge on any atom is 0.330 e. The molecule has 1 aliphatic rings. The smallest absolute Gasteiger partial charge is 0.330 e. The predicted octanol–water partition coefficient (Wildman–Crippen LogP) is 1.99. The number of carbonyl (C=O) groups is 2. The largest absolute Gasteiger partial charge is 0.479 e. The number of nitrogens with zero attached hydrogens (tertiary/aromatic N) is 1. The molecule has 0 aromatic carbocycles. The number of ether oxygens (including phenoxy) is 2. The monoisotopic (exact) mass is 356 g/mol. The van der Waals surface area contributed by atoms with Crippen molar-refractivity contribution in [2.45, 2.75) is 52.4 Å². The molecule has 1 aliphatic carbocycles. The van der Waals surface area contributed by atoms with E-state index < -0.39 is 22.8 Å². The SMILES string of the molecule is CCOC1CC(NC(=O)c2sc(COC)nc2C)(C(=O)O)C1(C)C. The van der Waals surface area contributed by atoms with Gasteiger partial charge >= 0.3 is 5.97 Å². The number of thiazole rings is 1. The van der Waals surface area contributed by atoms with Gasteiger partial charge in [-0.1, -0.05) is 13.8 Å². The van der Waals surface area contributed by atoms with Crippen LogP contribution in [0.25, 0.3) is 0 Å². The summed E-state index contributed by atoms with van der Waals surface area (Å²) < 4.78 is 10.6. The van der Waals surface area contributed by atoms with Gasteiger partial charge in [0.1, 0.15) is 15.4 Å². The third-order valence-electron chi connectivity index (χ3n) is 4.77. The minimum absolute atomic E-state index is 0.203. The number of carbonyl (C=O) groups excluding carboxylic acids is 1. The van der Waals surface area contributed by atoms with Crippen molar-refractivity contribution < 1.29 is 24.2 Å². The van der Waals surface area contributed by atoms with Crippen LogP contribution in [0.4, 0.5) is 0 Å². The fourth-order valence-electron chi connectivity index (χ4n) is 3.14. The fraction of sp³-hybridized carbons (Fsp3) is 0.688. The highest BCUT2D eigenvalue weighted by Gasteiger charge is 2.66. The van der Waals surface area contributed by atoms with Crippen molar-refractivity contribution >= 4 is 23.2 Å². The highest BCUT2D eigenvalue weighted by molar-refractivity contribution is 7.13. The second-order valence-corrected chi connectivity index (χ2v) is 7.57. The van der Waals surface area contributed by atoms with Crippen molar-refractivity contribution in [1.82, 2.24) is 10.3 Å². The molecule has 2 rings (SSSR count). The first-order valence-corrected chi connectivity index (χ1v) is 8.64. The summed E-state index contributed by atoms with van der Waals surface area (Å²) in [6.07, 6.45) is 0.0445. The van der Waals surface area contributed by atoms with Gasteiger partial charge in [0.25, 0.3) is 5.91 Å². The molecule has 0 saturated heterocycles. The third kappa shape index (κ3) is 2.94. The molecule has 0 spiro atoms. The summed E-state index contributed by atoms with van der Waals surface area (Å²) in [5, 5.41) is 13.2. The lowest BCUT2D eigenvalue weighted by molar-refractivity contribution is -0.190. The molecule has 8 heteroatoms. The number of aliphatic carboxylic acids is 1. The summed E-state index contributed by atoms with van der Waals surface area (Å²) in [6, 6.07) is 0. The molecule has 1 saturated carbocycles. The highest BCUT2D eigenvalue weighted by atomic mass is 32.1. The average molecular weight is 356 g/mol. The van der Waals surface area contributed by atoms with Crippen LogP contribution < -0.4 is 5.32 Å². The van der Waals surface area contributed by atoms with E-state index in [9.17, 15) is 14.7 Å². The summed E-state index contributed by atoms with van der Waals surface area (Å²) >= 11 is 1.22. The molecule has 1 heterocycles. The van der Waals surface area contributed by atoms with Gasteiger partial charge in [0.05, 0.1) is 18.4 Å². The van der Waals surface area contributed by atoms with Crippen LogP contribution >= 0.6 is 11.3 Å². The van der Waals surface area contributed by atoms with Crippen molar-refractivity contribution in [1.29, 1.82) is 0 Å². The number of hydrogen-bond donors (Lipinski definition) is 2. The predicted molar refractivity (Wildman–Crippen MR) is 89.2 cm³/mol. The molecule has 1 amide bonds. The molecule has 134 valence electrons. The molecular weight excluding hydrogens is 332 g/mol. The lowest BCUT2D eigenvalue weighted by Gasteiger charge is -2.58. The Morgan fingerprint density at radius 3 is 2.62 bits per heavy atom. The van der Waals surface area contributed by atoms with Gasteiger partial charge in [0.2, 0.25) is 0 Å². The minimum atomic E-state index is -1.35. The van der Waals surface area contributed by atoms with E-state index >= 15 is 0 Å². The first kappa shape index (κ1) is 18.8. The Morgan fingerprint density at radius 1 is 1.46 bits per heavy atom. The van der Waals surface area contributed by atoms with Crippen molar-refractivity contribution in [3.8, 4) is 0 Å². The Balaban J connectivity index is 2.24. The van der Waals surface area contributed by atoms with Gasteiger partial charge in [-0.15, -0.1) is 11.3 Å². The molecule has 2 N–H and O–H groups in total. The van der Waals surface area contributed by atoms with Gasteiger partial charge in [-0.3, -0.25) is 4.79 Å². The van der Waals surface area contributed by atoms with E-state index in [1.807, 2.05) is 6.92 Å². The van der Waals surface area contributed by atoms with Crippen LogP contribution in [-0.4, -0.2) is 47.3 Å². The topological polar surface area (TPSA) is 97.8 Å². The van der Waals surface area contributed by atoms with Crippen LogP contribution in [-0.2, 0) is 20.9 Å². The maximum atomic E-state index is 12.7. The van der Waals surface area contributed by atoms with Gasteiger partial charge in [-0.2, -0.15) is 0 Å². The van der Waals surface area contributed by atoms with E-state index in [1.54, 1.807) is 27.9 Å². The van der Waals surface area contributed by atoms with Crippen LogP contribution in [0.5, 0.6) is 0 Å². The molecule has 7 nitrogen and oxygen atoms in total. The second kappa shape index (κ2) is 6.78. The summed E-state index contributed by atoms with van der Waals surface area (Å²) in [4.78, 5) is 29.3. The summed E-state index contributed by atoms with van der Waals surface area (Å²) in [7, 11) is 1.56. The van der Waals surface area contributed by atoms with Gasteiger partial charge in [0.15, 0.2) is 0 Å². The lowest BCUT2D eigenvalue weighted by Crippen LogP contribution is -2.76. The van der Waals surface area contributed by atoms with Crippen LogP contribution in [0.2, 0.25) is 0 Å². The molecule has 0 aliphatic heterocycles. The number of amides is 1. The van der Waals surface area contributed by atoms with Crippen molar-refractivity contribution in [2.24, 2.45) is 5.41 Å². The summed E-state index contributed by atoms with van der Waals surface area (Å²) in [5.74, 6) is -1.46. The van der Waals surface area contributed by atoms with Crippen molar-refractivity contribution in [3.63, 3.8) is 0 Å². The molecule has 0 bridgehead atoms. The first-order valence-electron chi connectivity index (χ1n) is 7.82. The zero-order valence-corrected chi connectivity index (χ0v) is 15.5. The molecule has 1 fully saturated rings. The molecule has 2 atom stereocenters. The number of methoxy groups -OCH3 is 1. The van der Waals surface area contributed by atoms with Gasteiger partial charge in [-0.25, -0.2) is 9.78 Å². The highest BCUT2D eigenvalue weighted by Crippen LogP contribution is 2.51. The Hall–Kier alpha value is -1.51. The van der Waals surface area contributed by atoms with Gasteiger partial charge < -0.3 is 19.9 Å². The Labute approximate surface area is 145 Å². The van der Waals surface area contributed by atoms with E-state index in [2.05, 4.69) is 10.3 Å². The minimum Gasteiger partial charge on any atom is -0.479 e. The van der Waals surface area contributed by atoms with E-state index in [0.717, 1.165) is 0 Å². The van der Waals surface area contributed by atoms with Crippen LogP contribution in [0.3, 0.4) is 0 Å². The fourth-order valence-corrected chi connectivity index (χ4v) is 4.07. The zero-order valence-electron chi connectivity index (χ0n) is 14.6. The molecule has 0 radical (unpaired) electrons. The number of aryl methyl sites for hydroxylation is 1. The Bertz CT molecular complexity index is 642. The Morgan fingerprint density at radius 2 is 2.12 bits per heavy atom. The lowest BCUT2D eigenvalue weighted by atomic mass is 9.54. The summed E-state index contributed by atoms with van der Waals surface area (Å²) in [6.45, 7) is 8.04. The van der Waals surface area contributed by atoms with E-state index in [4.69, 9.17) is 9.47 Å². The van der Waals surface area contributed by atoms with Crippen LogP contribution in [0.1, 0.15) is 47.6 Å². The van der Waals surface area contributed by atoms with Crippen molar-refractivity contribution in [3.05, 3.63) is 15.6 Å². The number of carboxylic acid groups (broad SMARTS) is 1.